The van der Waals surface area contributed by atoms with E-state index < -0.39 is 0 Å². The molecule has 2 aromatic rings. The third-order valence-corrected chi connectivity index (χ3v) is 3.96. The Morgan fingerprint density at radius 1 is 1.30 bits per heavy atom. The number of hydrazine groups is 1. The first-order valence-electron chi connectivity index (χ1n) is 6.33. The van der Waals surface area contributed by atoms with Gasteiger partial charge in [-0.05, 0) is 29.8 Å². The molecule has 3 nitrogen and oxygen atoms in total. The first-order chi connectivity index (χ1) is 9.70. The van der Waals surface area contributed by atoms with Crippen LogP contribution in [0.15, 0.2) is 42.5 Å². The van der Waals surface area contributed by atoms with E-state index in [-0.39, 0.29) is 17.8 Å². The maximum atomic E-state index is 13.5. The summed E-state index contributed by atoms with van der Waals surface area (Å²) >= 11 is 6.17. The van der Waals surface area contributed by atoms with E-state index in [9.17, 15) is 4.39 Å². The molecule has 0 amide bonds. The van der Waals surface area contributed by atoms with Gasteiger partial charge >= 0.3 is 0 Å². The van der Waals surface area contributed by atoms with Gasteiger partial charge in [0.15, 0.2) is 0 Å². The molecule has 0 aliphatic carbocycles. The van der Waals surface area contributed by atoms with Crippen molar-refractivity contribution in [1.29, 1.82) is 0 Å². The van der Waals surface area contributed by atoms with Crippen LogP contribution in [0.4, 0.5) is 4.39 Å². The number of nitrogens with two attached hydrogens (primary N) is 1. The van der Waals surface area contributed by atoms with Crippen molar-refractivity contribution in [3.05, 3.63) is 64.4 Å². The molecule has 104 valence electrons. The molecule has 0 bridgehead atoms. The Hall–Kier alpha value is -1.62. The summed E-state index contributed by atoms with van der Waals surface area (Å²) in [5.41, 5.74) is 4.43. The normalized spacial score (nSPS) is 18.4. The van der Waals surface area contributed by atoms with Crippen LogP contribution in [0.3, 0.4) is 0 Å². The van der Waals surface area contributed by atoms with Gasteiger partial charge in [0.1, 0.15) is 11.6 Å². The molecule has 0 saturated carbocycles. The lowest BCUT2D eigenvalue weighted by atomic mass is 9.89. The number of halogens is 2. The van der Waals surface area contributed by atoms with Crippen molar-refractivity contribution in [1.82, 2.24) is 5.43 Å². The van der Waals surface area contributed by atoms with Crippen molar-refractivity contribution >= 4 is 11.6 Å². The molecule has 1 heterocycles. The van der Waals surface area contributed by atoms with Crippen LogP contribution in [-0.2, 0) is 0 Å². The van der Waals surface area contributed by atoms with E-state index in [4.69, 9.17) is 22.2 Å². The average molecular weight is 293 g/mol. The molecular formula is C15H14ClFN2O. The molecule has 1 aliphatic heterocycles. The second-order valence-electron chi connectivity index (χ2n) is 4.77. The summed E-state index contributed by atoms with van der Waals surface area (Å²) in [5.74, 6) is 6.17. The fourth-order valence-electron chi connectivity index (χ4n) is 2.64. The Bertz CT molecular complexity index is 635. The highest BCUT2D eigenvalue weighted by Crippen LogP contribution is 2.42. The monoisotopic (exact) mass is 292 g/mol. The number of nitrogens with one attached hydrogen (secondary N) is 1. The molecule has 3 N–H and O–H groups in total. The lowest BCUT2D eigenvalue weighted by Crippen LogP contribution is -2.33. The highest BCUT2D eigenvalue weighted by molar-refractivity contribution is 6.31. The SMILES string of the molecule is NNC(c1cc(F)ccc1Cl)C1COc2ccccc21. The predicted octanol–water partition coefficient (Wildman–Crippen LogP) is 3.16. The minimum Gasteiger partial charge on any atom is -0.493 e. The van der Waals surface area contributed by atoms with E-state index >= 15 is 0 Å². The van der Waals surface area contributed by atoms with E-state index in [1.807, 2.05) is 24.3 Å². The zero-order valence-corrected chi connectivity index (χ0v) is 11.4. The van der Waals surface area contributed by atoms with Crippen LogP contribution in [0.2, 0.25) is 5.02 Å². The Kier molecular flexibility index (Phi) is 3.61. The second-order valence-corrected chi connectivity index (χ2v) is 5.17. The number of para-hydroxylation sites is 1. The van der Waals surface area contributed by atoms with E-state index in [1.165, 1.54) is 18.2 Å². The fraction of sp³-hybridized carbons (Fsp3) is 0.200. The number of ether oxygens (including phenoxy) is 1. The Balaban J connectivity index is 2.01. The zero-order valence-electron chi connectivity index (χ0n) is 10.6. The first kappa shape index (κ1) is 13.4. The van der Waals surface area contributed by atoms with Crippen LogP contribution in [0, 0.1) is 5.82 Å². The summed E-state index contributed by atoms with van der Waals surface area (Å²) in [6.07, 6.45) is 0. The standard InChI is InChI=1S/C15H14ClFN2O/c16-13-6-5-9(17)7-11(13)15(19-18)12-8-20-14-4-2-1-3-10(12)14/h1-7,12,15,19H,8,18H2. The van der Waals surface area contributed by atoms with Crippen molar-refractivity contribution in [3.63, 3.8) is 0 Å². The fourth-order valence-corrected chi connectivity index (χ4v) is 2.87. The highest BCUT2D eigenvalue weighted by Gasteiger charge is 2.32. The van der Waals surface area contributed by atoms with Crippen LogP contribution in [0.5, 0.6) is 5.75 Å². The molecule has 0 spiro atoms. The lowest BCUT2D eigenvalue weighted by molar-refractivity contribution is 0.300. The van der Waals surface area contributed by atoms with Gasteiger partial charge in [0.2, 0.25) is 0 Å². The molecule has 2 unspecified atom stereocenters. The topological polar surface area (TPSA) is 47.3 Å². The maximum Gasteiger partial charge on any atom is 0.123 e. The zero-order chi connectivity index (χ0) is 14.1. The van der Waals surface area contributed by atoms with Crippen LogP contribution in [0.1, 0.15) is 23.1 Å². The van der Waals surface area contributed by atoms with Crippen LogP contribution in [0.25, 0.3) is 0 Å². The van der Waals surface area contributed by atoms with Gasteiger partial charge in [0, 0.05) is 16.5 Å². The number of rotatable bonds is 3. The van der Waals surface area contributed by atoms with Gasteiger partial charge in [-0.3, -0.25) is 11.3 Å². The number of fused-ring (bicyclic) bond motifs is 1. The van der Waals surface area contributed by atoms with Crippen molar-refractivity contribution in [2.24, 2.45) is 5.84 Å². The van der Waals surface area contributed by atoms with Gasteiger partial charge in [-0.25, -0.2) is 4.39 Å². The predicted molar refractivity (Wildman–Crippen MR) is 76.2 cm³/mol. The first-order valence-corrected chi connectivity index (χ1v) is 6.71. The molecule has 20 heavy (non-hydrogen) atoms. The van der Waals surface area contributed by atoms with E-state index in [1.54, 1.807) is 0 Å². The quantitative estimate of drug-likeness (QED) is 0.675. The van der Waals surface area contributed by atoms with Crippen molar-refractivity contribution in [2.75, 3.05) is 6.61 Å². The average Bonchev–Trinajstić information content (AvgIpc) is 2.88. The molecule has 3 rings (SSSR count). The minimum atomic E-state index is -0.336. The third kappa shape index (κ3) is 2.26. The van der Waals surface area contributed by atoms with Crippen LogP contribution in [-0.4, -0.2) is 6.61 Å². The molecule has 0 radical (unpaired) electrons. The molecule has 2 aromatic carbocycles. The minimum absolute atomic E-state index is 0.00417. The largest absolute Gasteiger partial charge is 0.493 e. The van der Waals surface area contributed by atoms with Gasteiger partial charge in [-0.15, -0.1) is 0 Å². The molecule has 0 fully saturated rings. The Labute approximate surface area is 121 Å². The molecule has 2 atom stereocenters. The van der Waals surface area contributed by atoms with E-state index in [0.717, 1.165) is 11.3 Å². The Morgan fingerprint density at radius 3 is 2.90 bits per heavy atom. The van der Waals surface area contributed by atoms with Gasteiger partial charge < -0.3 is 4.74 Å². The summed E-state index contributed by atoms with van der Waals surface area (Å²) in [5, 5.41) is 0.485. The second kappa shape index (κ2) is 5.40. The molecule has 1 aliphatic rings. The lowest BCUT2D eigenvalue weighted by Gasteiger charge is -2.23. The molecule has 0 saturated heterocycles. The number of hydrogen-bond donors (Lipinski definition) is 2. The summed E-state index contributed by atoms with van der Waals surface area (Å²) in [6, 6.07) is 11.7. The van der Waals surface area contributed by atoms with Crippen LogP contribution < -0.4 is 16.0 Å². The summed E-state index contributed by atoms with van der Waals surface area (Å²) in [4.78, 5) is 0. The maximum absolute atomic E-state index is 13.5. The van der Waals surface area contributed by atoms with Gasteiger partial charge in [-0.1, -0.05) is 29.8 Å². The molecule has 5 heteroatoms. The van der Waals surface area contributed by atoms with Gasteiger partial charge in [0.25, 0.3) is 0 Å². The molecular weight excluding hydrogens is 279 g/mol. The van der Waals surface area contributed by atoms with E-state index in [0.29, 0.717) is 17.2 Å². The van der Waals surface area contributed by atoms with Gasteiger partial charge in [-0.2, -0.15) is 0 Å². The van der Waals surface area contributed by atoms with Gasteiger partial charge in [0.05, 0.1) is 12.6 Å². The van der Waals surface area contributed by atoms with Crippen molar-refractivity contribution in [3.8, 4) is 5.75 Å². The van der Waals surface area contributed by atoms with E-state index in [2.05, 4.69) is 5.43 Å². The highest BCUT2D eigenvalue weighted by atomic mass is 35.5. The van der Waals surface area contributed by atoms with Crippen molar-refractivity contribution < 1.29 is 9.13 Å². The number of benzene rings is 2. The Morgan fingerprint density at radius 2 is 2.10 bits per heavy atom. The van der Waals surface area contributed by atoms with Crippen LogP contribution >= 0.6 is 11.6 Å². The summed E-state index contributed by atoms with van der Waals surface area (Å²) in [6.45, 7) is 0.487. The smallest absolute Gasteiger partial charge is 0.123 e. The molecule has 0 aromatic heterocycles. The summed E-state index contributed by atoms with van der Waals surface area (Å²) < 4.78 is 19.1. The summed E-state index contributed by atoms with van der Waals surface area (Å²) in [7, 11) is 0. The number of hydrogen-bond acceptors (Lipinski definition) is 3. The van der Waals surface area contributed by atoms with Crippen molar-refractivity contribution in [2.45, 2.75) is 12.0 Å². The third-order valence-electron chi connectivity index (χ3n) is 3.61.